The number of benzene rings is 2. The van der Waals surface area contributed by atoms with Crippen LogP contribution in [0, 0.1) is 0 Å². The highest BCUT2D eigenvalue weighted by molar-refractivity contribution is 5.96. The Balaban J connectivity index is 1.60. The van der Waals surface area contributed by atoms with E-state index in [1.54, 1.807) is 27.4 Å². The van der Waals surface area contributed by atoms with E-state index in [1.165, 1.54) is 0 Å². The number of hydrogen-bond donors (Lipinski definition) is 0. The van der Waals surface area contributed by atoms with Crippen molar-refractivity contribution in [3.05, 3.63) is 52.6 Å². The van der Waals surface area contributed by atoms with E-state index < -0.39 is 11.6 Å². The number of amides is 1. The largest absolute Gasteiger partial charge is 0.497 e. The topological polar surface area (TPSA) is 74.3 Å². The van der Waals surface area contributed by atoms with E-state index in [-0.39, 0.29) is 18.4 Å². The molecule has 0 saturated carbocycles. The van der Waals surface area contributed by atoms with Gasteiger partial charge in [0, 0.05) is 18.5 Å². The average Bonchev–Trinajstić information content (AvgIpc) is 3.02. The molecule has 1 saturated heterocycles. The van der Waals surface area contributed by atoms with Crippen LogP contribution in [-0.2, 0) is 21.6 Å². The molecule has 1 amide bonds. The molecule has 5 rings (SSSR count). The van der Waals surface area contributed by atoms with Crippen LogP contribution in [0.2, 0.25) is 0 Å². The number of rotatable bonds is 3. The molecule has 156 valence electrons. The highest BCUT2D eigenvalue weighted by atomic mass is 16.6. The molecule has 30 heavy (non-hydrogen) atoms. The van der Waals surface area contributed by atoms with Crippen LogP contribution < -0.4 is 14.2 Å². The molecule has 2 unspecified atom stereocenters. The molecule has 0 N–H and O–H groups in total. The Kier molecular flexibility index (Phi) is 4.17. The number of nitrogens with zero attached hydrogens (tertiary/aromatic N) is 1. The van der Waals surface area contributed by atoms with Gasteiger partial charge in [-0.25, -0.2) is 4.79 Å². The first-order valence-corrected chi connectivity index (χ1v) is 9.96. The average molecular weight is 409 g/mol. The molecule has 1 fully saturated rings. The zero-order chi connectivity index (χ0) is 21.0. The van der Waals surface area contributed by atoms with E-state index in [0.717, 1.165) is 23.1 Å². The van der Waals surface area contributed by atoms with E-state index in [1.807, 2.05) is 29.2 Å². The lowest BCUT2D eigenvalue weighted by Crippen LogP contribution is -2.50. The van der Waals surface area contributed by atoms with E-state index in [2.05, 4.69) is 0 Å². The van der Waals surface area contributed by atoms with Gasteiger partial charge in [-0.3, -0.25) is 4.79 Å². The van der Waals surface area contributed by atoms with Crippen molar-refractivity contribution in [3.63, 3.8) is 0 Å². The van der Waals surface area contributed by atoms with Crippen molar-refractivity contribution in [3.8, 4) is 17.2 Å². The van der Waals surface area contributed by atoms with Crippen molar-refractivity contribution in [1.82, 2.24) is 4.90 Å². The van der Waals surface area contributed by atoms with E-state index in [4.69, 9.17) is 18.9 Å². The third kappa shape index (κ3) is 2.57. The molecule has 7 heteroatoms. The monoisotopic (exact) mass is 409 g/mol. The van der Waals surface area contributed by atoms with Crippen molar-refractivity contribution < 1.29 is 28.5 Å². The summed E-state index contributed by atoms with van der Waals surface area (Å²) in [6.45, 7) is 0.630. The molecular formula is C23H23NO6. The van der Waals surface area contributed by atoms with E-state index in [0.29, 0.717) is 35.8 Å². The summed E-state index contributed by atoms with van der Waals surface area (Å²) in [6.07, 6.45) is 1.40. The van der Waals surface area contributed by atoms with Crippen molar-refractivity contribution in [1.29, 1.82) is 0 Å². The Hall–Kier alpha value is -3.22. The molecule has 1 spiro atoms. The first kappa shape index (κ1) is 18.8. The number of carbonyl (C=O) groups excluding carboxylic acids is 2. The van der Waals surface area contributed by atoms with Crippen LogP contribution in [0.1, 0.15) is 45.9 Å². The highest BCUT2D eigenvalue weighted by Crippen LogP contribution is 2.52. The van der Waals surface area contributed by atoms with Crippen LogP contribution in [-0.4, -0.2) is 44.7 Å². The smallest absolute Gasteiger partial charge is 0.339 e. The van der Waals surface area contributed by atoms with Crippen LogP contribution in [0.15, 0.2) is 30.3 Å². The maximum Gasteiger partial charge on any atom is 0.339 e. The van der Waals surface area contributed by atoms with Crippen LogP contribution in [0.3, 0.4) is 0 Å². The van der Waals surface area contributed by atoms with Gasteiger partial charge in [0.05, 0.1) is 39.4 Å². The van der Waals surface area contributed by atoms with Crippen LogP contribution in [0.4, 0.5) is 0 Å². The number of esters is 1. The molecule has 0 bridgehead atoms. The molecular weight excluding hydrogens is 386 g/mol. The first-order chi connectivity index (χ1) is 14.5. The summed E-state index contributed by atoms with van der Waals surface area (Å²) in [4.78, 5) is 27.7. The van der Waals surface area contributed by atoms with Gasteiger partial charge >= 0.3 is 5.97 Å². The summed E-state index contributed by atoms with van der Waals surface area (Å²) in [7, 11) is 4.77. The Morgan fingerprint density at radius 1 is 1.03 bits per heavy atom. The zero-order valence-electron chi connectivity index (χ0n) is 17.2. The minimum absolute atomic E-state index is 0.0110. The summed E-state index contributed by atoms with van der Waals surface area (Å²) in [5.74, 6) is 1.47. The number of ether oxygens (including phenoxy) is 4. The second-order valence-electron chi connectivity index (χ2n) is 7.94. The fourth-order valence-electron chi connectivity index (χ4n) is 5.06. The summed E-state index contributed by atoms with van der Waals surface area (Å²) < 4.78 is 22.1. The quantitative estimate of drug-likeness (QED) is 0.726. The molecule has 3 heterocycles. The van der Waals surface area contributed by atoms with Gasteiger partial charge in [-0.15, -0.1) is 0 Å². The third-order valence-corrected chi connectivity index (χ3v) is 6.51. The van der Waals surface area contributed by atoms with Gasteiger partial charge in [-0.05, 0) is 41.8 Å². The van der Waals surface area contributed by atoms with Gasteiger partial charge in [0.2, 0.25) is 5.91 Å². The van der Waals surface area contributed by atoms with Gasteiger partial charge in [-0.1, -0.05) is 6.07 Å². The lowest BCUT2D eigenvalue weighted by atomic mass is 9.75. The maximum atomic E-state index is 13.2. The number of fused-ring (bicyclic) bond motifs is 5. The predicted molar refractivity (Wildman–Crippen MR) is 107 cm³/mol. The zero-order valence-corrected chi connectivity index (χ0v) is 17.2. The van der Waals surface area contributed by atoms with Crippen molar-refractivity contribution in [2.24, 2.45) is 0 Å². The Bertz CT molecular complexity index is 1060. The minimum atomic E-state index is -0.960. The fraction of sp³-hybridized carbons (Fsp3) is 0.391. The molecule has 2 atom stereocenters. The van der Waals surface area contributed by atoms with Crippen LogP contribution >= 0.6 is 0 Å². The van der Waals surface area contributed by atoms with Gasteiger partial charge in [0.25, 0.3) is 0 Å². The normalized spacial score (nSPS) is 24.1. The van der Waals surface area contributed by atoms with Gasteiger partial charge in [0.15, 0.2) is 11.5 Å². The summed E-state index contributed by atoms with van der Waals surface area (Å²) >= 11 is 0. The molecule has 2 aromatic carbocycles. The maximum absolute atomic E-state index is 13.2. The Morgan fingerprint density at radius 2 is 1.80 bits per heavy atom. The number of piperidine rings is 1. The third-order valence-electron chi connectivity index (χ3n) is 6.51. The van der Waals surface area contributed by atoms with Crippen LogP contribution in [0.5, 0.6) is 17.2 Å². The van der Waals surface area contributed by atoms with Crippen molar-refractivity contribution >= 4 is 11.9 Å². The molecule has 3 aliphatic rings. The van der Waals surface area contributed by atoms with Gasteiger partial charge in [0.1, 0.15) is 11.4 Å². The first-order valence-electron chi connectivity index (χ1n) is 9.96. The summed E-state index contributed by atoms with van der Waals surface area (Å²) in [5, 5.41) is 0. The molecule has 0 aromatic heterocycles. The van der Waals surface area contributed by atoms with E-state index >= 15 is 0 Å². The summed E-state index contributed by atoms with van der Waals surface area (Å²) in [6, 6.07) is 9.07. The Morgan fingerprint density at radius 3 is 2.53 bits per heavy atom. The molecule has 7 nitrogen and oxygen atoms in total. The Labute approximate surface area is 174 Å². The highest BCUT2D eigenvalue weighted by Gasteiger charge is 2.54. The van der Waals surface area contributed by atoms with Crippen molar-refractivity contribution in [2.75, 3.05) is 27.9 Å². The minimum Gasteiger partial charge on any atom is -0.497 e. The standard InChI is InChI=1S/C23H23NO6/c1-27-14-4-5-17-16(9-14)22(26)30-23(17)11-18-15-10-20(29-3)19(28-2)8-13(15)6-7-24(18)21(25)12-23/h4-5,8-10,18H,6-7,11-12H2,1-3H3. The van der Waals surface area contributed by atoms with Crippen molar-refractivity contribution in [2.45, 2.75) is 30.9 Å². The van der Waals surface area contributed by atoms with Crippen LogP contribution in [0.25, 0.3) is 0 Å². The number of carbonyl (C=O) groups is 2. The lowest BCUT2D eigenvalue weighted by Gasteiger charge is -2.46. The predicted octanol–water partition coefficient (Wildman–Crippen LogP) is 3.00. The number of methoxy groups -OCH3 is 3. The second kappa shape index (κ2) is 6.65. The SMILES string of the molecule is COc1ccc2c(c1)C(=O)OC21CC(=O)N2CCc3cc(OC)c(OC)cc3C2C1. The van der Waals surface area contributed by atoms with E-state index in [9.17, 15) is 9.59 Å². The van der Waals surface area contributed by atoms with Gasteiger partial charge in [-0.2, -0.15) is 0 Å². The van der Waals surface area contributed by atoms with Gasteiger partial charge < -0.3 is 23.8 Å². The fourth-order valence-corrected chi connectivity index (χ4v) is 5.06. The number of hydrogen-bond acceptors (Lipinski definition) is 6. The summed E-state index contributed by atoms with van der Waals surface area (Å²) in [5.41, 5.74) is 2.41. The second-order valence-corrected chi connectivity index (χ2v) is 7.94. The lowest BCUT2D eigenvalue weighted by molar-refractivity contribution is -0.150. The molecule has 2 aromatic rings. The molecule has 0 aliphatic carbocycles. The molecule has 0 radical (unpaired) electrons. The molecule has 3 aliphatic heterocycles.